The zero-order valence-electron chi connectivity index (χ0n) is 27.1. The van der Waals surface area contributed by atoms with Crippen LogP contribution in [0.5, 0.6) is 0 Å². The van der Waals surface area contributed by atoms with E-state index in [-0.39, 0.29) is 30.3 Å². The van der Waals surface area contributed by atoms with Crippen LogP contribution in [-0.4, -0.2) is 30.0 Å². The van der Waals surface area contributed by atoms with Crippen molar-refractivity contribution < 1.29 is 14.3 Å². The normalized spacial score (nSPS) is 18.3. The lowest BCUT2D eigenvalue weighted by Gasteiger charge is -2.34. The number of aryl methyl sites for hydroxylation is 2. The molecule has 0 unspecified atom stereocenters. The molecule has 4 aromatic carbocycles. The molecule has 4 bridgehead atoms. The molecular formula is C40H38N4O4. The molecule has 4 heterocycles. The van der Waals surface area contributed by atoms with E-state index in [1.54, 1.807) is 12.3 Å². The quantitative estimate of drug-likeness (QED) is 0.186. The van der Waals surface area contributed by atoms with Gasteiger partial charge in [0.2, 0.25) is 0 Å². The van der Waals surface area contributed by atoms with Crippen LogP contribution in [-0.2, 0) is 22.4 Å². The summed E-state index contributed by atoms with van der Waals surface area (Å²) in [4.78, 5) is 44.7. The molecule has 3 aliphatic heterocycles. The van der Waals surface area contributed by atoms with Crippen LogP contribution in [0, 0.1) is 6.92 Å². The van der Waals surface area contributed by atoms with Crippen molar-refractivity contribution in [3.63, 3.8) is 0 Å². The molecule has 0 saturated heterocycles. The molecular weight excluding hydrogens is 600 g/mol. The fourth-order valence-electron chi connectivity index (χ4n) is 6.99. The minimum absolute atomic E-state index is 0.0101. The van der Waals surface area contributed by atoms with Gasteiger partial charge in [-0.1, -0.05) is 62.0 Å². The summed E-state index contributed by atoms with van der Waals surface area (Å²) in [6.07, 6.45) is 2.65. The number of ketones is 1. The van der Waals surface area contributed by atoms with Gasteiger partial charge in [-0.2, -0.15) is 0 Å². The molecule has 8 heteroatoms. The minimum Gasteiger partial charge on any atom is -0.449 e. The SMILES string of the molecule is C=C1c2ccccc2CCN1c1ccc2cc1CCC(=O)[C@H](Nc1ccc3cc[nH]c(=O)c3c1)c1ccc(c(C)c1)[C@@H](C)COC(=O)N2. The van der Waals surface area contributed by atoms with E-state index < -0.39 is 12.1 Å². The Morgan fingerprint density at radius 2 is 1.75 bits per heavy atom. The number of pyridine rings is 1. The Hall–Kier alpha value is -5.63. The van der Waals surface area contributed by atoms with E-state index in [4.69, 9.17) is 4.74 Å². The standard InChI is InChI=1S/C40H38N4O4/c1-24-20-30-9-13-33(24)25(2)23-48-40(47)43-31-12-14-36(44-19-17-27-6-4-5-7-34(27)26(44)3)29(21-31)10-15-37(45)38(30)42-32-11-8-28-16-18-41-39(46)35(28)22-32/h4-9,11-14,16,18,20-22,25,38,42H,3,10,15,17,19,23H2,1-2H3,(H,41,46)(H,43,47)/t25-,38+/m0/s1. The highest BCUT2D eigenvalue weighted by Crippen LogP contribution is 2.36. The van der Waals surface area contributed by atoms with Gasteiger partial charge in [0.05, 0.1) is 6.61 Å². The first-order valence-electron chi connectivity index (χ1n) is 16.4. The number of H-pyrrole nitrogens is 1. The van der Waals surface area contributed by atoms with Crippen molar-refractivity contribution in [1.29, 1.82) is 0 Å². The van der Waals surface area contributed by atoms with E-state index in [9.17, 15) is 14.4 Å². The zero-order chi connectivity index (χ0) is 33.4. The van der Waals surface area contributed by atoms with Crippen LogP contribution in [0.3, 0.4) is 0 Å². The average molecular weight is 639 g/mol. The summed E-state index contributed by atoms with van der Waals surface area (Å²) in [5.41, 5.74) is 9.12. The van der Waals surface area contributed by atoms with Gasteiger partial charge < -0.3 is 19.9 Å². The van der Waals surface area contributed by atoms with Crippen LogP contribution in [0.2, 0.25) is 0 Å². The molecule has 8 rings (SSSR count). The number of nitrogens with zero attached hydrogens (tertiary/aromatic N) is 1. The van der Waals surface area contributed by atoms with E-state index in [1.807, 2.05) is 80.6 Å². The predicted molar refractivity (Wildman–Crippen MR) is 192 cm³/mol. The van der Waals surface area contributed by atoms with Crippen molar-refractivity contribution in [1.82, 2.24) is 4.98 Å². The van der Waals surface area contributed by atoms with Crippen LogP contribution in [0.25, 0.3) is 16.5 Å². The number of hydrogen-bond donors (Lipinski definition) is 3. The molecule has 0 radical (unpaired) electrons. The second kappa shape index (κ2) is 12.9. The fraction of sp³-hybridized carbons (Fsp3) is 0.225. The summed E-state index contributed by atoms with van der Waals surface area (Å²) in [6, 6.07) is 26.9. The zero-order valence-corrected chi connectivity index (χ0v) is 27.1. The summed E-state index contributed by atoms with van der Waals surface area (Å²) >= 11 is 0. The molecule has 8 nitrogen and oxygen atoms in total. The highest BCUT2D eigenvalue weighted by molar-refractivity contribution is 5.91. The third-order valence-electron chi connectivity index (χ3n) is 9.55. The van der Waals surface area contributed by atoms with Gasteiger partial charge in [-0.3, -0.25) is 14.9 Å². The molecule has 2 atom stereocenters. The van der Waals surface area contributed by atoms with Gasteiger partial charge in [0.25, 0.3) is 5.56 Å². The topological polar surface area (TPSA) is 104 Å². The average Bonchev–Trinajstić information content (AvgIpc) is 3.09. The number of rotatable bonds is 3. The molecule has 3 aliphatic rings. The van der Waals surface area contributed by atoms with Gasteiger partial charge in [-0.15, -0.1) is 0 Å². The summed E-state index contributed by atoms with van der Waals surface area (Å²) in [5, 5.41) is 7.74. The number of benzene rings is 4. The van der Waals surface area contributed by atoms with E-state index >= 15 is 0 Å². The lowest BCUT2D eigenvalue weighted by atomic mass is 9.90. The Morgan fingerprint density at radius 1 is 0.896 bits per heavy atom. The molecule has 0 spiro atoms. The van der Waals surface area contributed by atoms with Crippen LogP contribution in [0.4, 0.5) is 21.9 Å². The maximum absolute atomic E-state index is 14.3. The maximum Gasteiger partial charge on any atom is 0.411 e. The lowest BCUT2D eigenvalue weighted by molar-refractivity contribution is -0.119. The number of hydrogen-bond acceptors (Lipinski definition) is 6. The van der Waals surface area contributed by atoms with Crippen molar-refractivity contribution in [2.45, 2.75) is 45.1 Å². The second-order valence-corrected chi connectivity index (χ2v) is 12.7. The van der Waals surface area contributed by atoms with E-state index in [2.05, 4.69) is 39.2 Å². The number of carbonyl (C=O) groups excluding carboxylic acids is 2. The lowest BCUT2D eigenvalue weighted by Crippen LogP contribution is -2.30. The third-order valence-corrected chi connectivity index (χ3v) is 9.55. The largest absolute Gasteiger partial charge is 0.449 e. The van der Waals surface area contributed by atoms with Crippen LogP contribution < -0.4 is 21.1 Å². The molecule has 0 saturated carbocycles. The van der Waals surface area contributed by atoms with Crippen LogP contribution in [0.15, 0.2) is 102 Å². The summed E-state index contributed by atoms with van der Waals surface area (Å²) in [7, 11) is 0. The number of ether oxygens (including phenoxy) is 1. The van der Waals surface area contributed by atoms with Crippen LogP contribution >= 0.6 is 0 Å². The Kier molecular flexibility index (Phi) is 8.31. The highest BCUT2D eigenvalue weighted by Gasteiger charge is 2.26. The smallest absolute Gasteiger partial charge is 0.411 e. The fourth-order valence-corrected chi connectivity index (χ4v) is 6.99. The van der Waals surface area contributed by atoms with Crippen molar-refractivity contribution in [3.05, 3.63) is 141 Å². The summed E-state index contributed by atoms with van der Waals surface area (Å²) in [6.45, 7) is 9.42. The third kappa shape index (κ3) is 6.09. The van der Waals surface area contributed by atoms with Crippen molar-refractivity contribution >= 4 is 45.4 Å². The minimum atomic E-state index is -0.652. The van der Waals surface area contributed by atoms with Gasteiger partial charge >= 0.3 is 6.09 Å². The first-order chi connectivity index (χ1) is 23.2. The number of carbonyl (C=O) groups is 2. The highest BCUT2D eigenvalue weighted by atomic mass is 16.5. The number of aromatic nitrogens is 1. The molecule has 0 aliphatic carbocycles. The molecule has 1 aromatic heterocycles. The predicted octanol–water partition coefficient (Wildman–Crippen LogP) is 7.89. The van der Waals surface area contributed by atoms with Crippen molar-refractivity contribution in [3.8, 4) is 0 Å². The molecule has 3 N–H and O–H groups in total. The van der Waals surface area contributed by atoms with Gasteiger partial charge in [0, 0.05) is 58.8 Å². The second-order valence-electron chi connectivity index (χ2n) is 12.7. The Bertz CT molecular complexity index is 2130. The summed E-state index contributed by atoms with van der Waals surface area (Å²) < 4.78 is 5.66. The van der Waals surface area contributed by atoms with Crippen molar-refractivity contribution in [2.75, 3.05) is 28.7 Å². The van der Waals surface area contributed by atoms with Crippen molar-refractivity contribution in [2.24, 2.45) is 0 Å². The molecule has 1 amide bonds. The number of amides is 1. The van der Waals surface area contributed by atoms with Gasteiger partial charge in [0.1, 0.15) is 6.04 Å². The van der Waals surface area contributed by atoms with E-state index in [1.165, 1.54) is 5.56 Å². The maximum atomic E-state index is 14.3. The Morgan fingerprint density at radius 3 is 2.60 bits per heavy atom. The first kappa shape index (κ1) is 31.0. The Balaban J connectivity index is 1.26. The van der Waals surface area contributed by atoms with Gasteiger partial charge in [0.15, 0.2) is 5.78 Å². The molecule has 0 fully saturated rings. The van der Waals surface area contributed by atoms with Gasteiger partial charge in [-0.05, 0) is 89.4 Å². The number of aromatic amines is 1. The molecule has 5 aromatic rings. The first-order valence-corrected chi connectivity index (χ1v) is 16.4. The molecule has 48 heavy (non-hydrogen) atoms. The number of Topliss-reactive ketones (excluding diaryl/α,β-unsaturated/α-hetero) is 1. The number of fused-ring (bicyclic) bond motifs is 11. The molecule has 242 valence electrons. The summed E-state index contributed by atoms with van der Waals surface area (Å²) in [5.74, 6) is -0.0474. The van der Waals surface area contributed by atoms with Gasteiger partial charge in [-0.25, -0.2) is 4.79 Å². The Labute approximate surface area is 279 Å². The van der Waals surface area contributed by atoms with E-state index in [0.29, 0.717) is 23.2 Å². The number of nitrogens with one attached hydrogen (secondary N) is 3. The number of anilines is 3. The van der Waals surface area contributed by atoms with Crippen LogP contribution in [0.1, 0.15) is 58.7 Å². The monoisotopic (exact) mass is 638 g/mol. The van der Waals surface area contributed by atoms with E-state index in [0.717, 1.165) is 57.6 Å².